The zero-order valence-electron chi connectivity index (χ0n) is 14.4. The summed E-state index contributed by atoms with van der Waals surface area (Å²) in [6.45, 7) is 0.385. The molecule has 2 amide bonds. The fourth-order valence-corrected chi connectivity index (χ4v) is 3.13. The number of hydrogen-bond donors (Lipinski definition) is 2. The van der Waals surface area contributed by atoms with E-state index in [0.29, 0.717) is 28.0 Å². The van der Waals surface area contributed by atoms with Gasteiger partial charge >= 0.3 is 12.0 Å². The van der Waals surface area contributed by atoms with Crippen molar-refractivity contribution in [2.75, 3.05) is 12.4 Å². The molecule has 0 fully saturated rings. The van der Waals surface area contributed by atoms with Crippen LogP contribution in [0.3, 0.4) is 0 Å². The van der Waals surface area contributed by atoms with E-state index in [2.05, 4.69) is 20.4 Å². The van der Waals surface area contributed by atoms with Gasteiger partial charge in [0, 0.05) is 22.5 Å². The minimum absolute atomic E-state index is 0.341. The number of rotatable bonds is 5. The number of nitrogens with one attached hydrogen (secondary N) is 2. The number of carbonyl (C=O) groups excluding carboxylic acids is 2. The highest BCUT2D eigenvalue weighted by atomic mass is 35.5. The van der Waals surface area contributed by atoms with Crippen LogP contribution in [0.5, 0.6) is 0 Å². The molecule has 0 saturated heterocycles. The van der Waals surface area contributed by atoms with E-state index >= 15 is 0 Å². The molecule has 6 nitrogen and oxygen atoms in total. The monoisotopic (exact) mass is 401 g/mol. The van der Waals surface area contributed by atoms with E-state index in [-0.39, 0.29) is 12.0 Å². The molecule has 0 aliphatic heterocycles. The van der Waals surface area contributed by atoms with Gasteiger partial charge in [-0.15, -0.1) is 11.3 Å². The van der Waals surface area contributed by atoms with Gasteiger partial charge in [0.15, 0.2) is 5.13 Å². The lowest BCUT2D eigenvalue weighted by atomic mass is 10.1. The third kappa shape index (κ3) is 5.06. The Balaban J connectivity index is 1.57. The Bertz CT molecular complexity index is 940. The maximum Gasteiger partial charge on any atom is 0.337 e. The van der Waals surface area contributed by atoms with Gasteiger partial charge in [0.25, 0.3) is 0 Å². The van der Waals surface area contributed by atoms with Gasteiger partial charge in [0.05, 0.1) is 18.4 Å². The quantitative estimate of drug-likeness (QED) is 0.613. The molecule has 3 rings (SSSR count). The van der Waals surface area contributed by atoms with Crippen LogP contribution in [-0.2, 0) is 11.3 Å². The molecule has 0 aliphatic rings. The zero-order valence-corrected chi connectivity index (χ0v) is 15.9. The topological polar surface area (TPSA) is 80.3 Å². The van der Waals surface area contributed by atoms with Crippen molar-refractivity contribution >= 4 is 40.1 Å². The van der Waals surface area contributed by atoms with Gasteiger partial charge in [-0.1, -0.05) is 35.9 Å². The van der Waals surface area contributed by atoms with Crippen molar-refractivity contribution in [3.63, 3.8) is 0 Å². The molecule has 8 heteroatoms. The maximum atomic E-state index is 12.0. The molecule has 1 heterocycles. The first-order valence-corrected chi connectivity index (χ1v) is 9.24. The van der Waals surface area contributed by atoms with Crippen molar-refractivity contribution in [2.24, 2.45) is 0 Å². The molecule has 0 saturated carbocycles. The van der Waals surface area contributed by atoms with Crippen molar-refractivity contribution in [2.45, 2.75) is 6.54 Å². The van der Waals surface area contributed by atoms with E-state index in [9.17, 15) is 9.59 Å². The lowest BCUT2D eigenvalue weighted by Gasteiger charge is -2.05. The maximum absolute atomic E-state index is 12.0. The number of carbonyl (C=O) groups is 2. The van der Waals surface area contributed by atoms with Crippen LogP contribution in [0.4, 0.5) is 9.93 Å². The van der Waals surface area contributed by atoms with Crippen molar-refractivity contribution in [3.05, 3.63) is 70.1 Å². The Morgan fingerprint density at radius 2 is 1.81 bits per heavy atom. The number of halogens is 1. The lowest BCUT2D eigenvalue weighted by Crippen LogP contribution is -2.28. The van der Waals surface area contributed by atoms with Crippen LogP contribution in [0.15, 0.2) is 53.9 Å². The highest BCUT2D eigenvalue weighted by Gasteiger charge is 2.10. The van der Waals surface area contributed by atoms with E-state index in [4.69, 9.17) is 11.6 Å². The molecular weight excluding hydrogens is 386 g/mol. The summed E-state index contributed by atoms with van der Waals surface area (Å²) in [4.78, 5) is 27.9. The van der Waals surface area contributed by atoms with Gasteiger partial charge in [0.1, 0.15) is 0 Å². The number of amides is 2. The number of esters is 1. The van der Waals surface area contributed by atoms with Crippen molar-refractivity contribution in [1.29, 1.82) is 0 Å². The molecule has 0 unspecified atom stereocenters. The average molecular weight is 402 g/mol. The summed E-state index contributed by atoms with van der Waals surface area (Å²) < 4.78 is 4.68. The third-order valence-corrected chi connectivity index (χ3v) is 4.70. The number of ether oxygens (including phenoxy) is 1. The normalized spacial score (nSPS) is 10.3. The Morgan fingerprint density at radius 1 is 1.11 bits per heavy atom. The SMILES string of the molecule is COC(=O)c1ccc(-c2csc(NC(=O)NCc3ccc(Cl)cc3)n2)cc1. The van der Waals surface area contributed by atoms with Crippen molar-refractivity contribution in [1.82, 2.24) is 10.3 Å². The van der Waals surface area contributed by atoms with Crippen LogP contribution >= 0.6 is 22.9 Å². The van der Waals surface area contributed by atoms with Crippen LogP contribution in [0, 0.1) is 0 Å². The van der Waals surface area contributed by atoms with Crippen LogP contribution in [-0.4, -0.2) is 24.1 Å². The Labute approximate surface area is 165 Å². The van der Waals surface area contributed by atoms with Crippen LogP contribution in [0.1, 0.15) is 15.9 Å². The van der Waals surface area contributed by atoms with E-state index < -0.39 is 0 Å². The average Bonchev–Trinajstić information content (AvgIpc) is 3.15. The highest BCUT2D eigenvalue weighted by Crippen LogP contribution is 2.25. The first kappa shape index (κ1) is 18.9. The summed E-state index contributed by atoms with van der Waals surface area (Å²) in [5.74, 6) is -0.389. The minimum atomic E-state index is -0.389. The molecule has 0 atom stereocenters. The van der Waals surface area contributed by atoms with Crippen LogP contribution in [0.2, 0.25) is 5.02 Å². The first-order valence-electron chi connectivity index (χ1n) is 7.99. The largest absolute Gasteiger partial charge is 0.465 e. The molecule has 2 aromatic carbocycles. The Kier molecular flexibility index (Phi) is 6.05. The molecule has 27 heavy (non-hydrogen) atoms. The van der Waals surface area contributed by atoms with Gasteiger partial charge in [-0.3, -0.25) is 5.32 Å². The van der Waals surface area contributed by atoms with Gasteiger partial charge in [-0.25, -0.2) is 14.6 Å². The van der Waals surface area contributed by atoms with E-state index in [1.807, 2.05) is 17.5 Å². The minimum Gasteiger partial charge on any atom is -0.465 e. The summed E-state index contributed by atoms with van der Waals surface area (Å²) in [6, 6.07) is 13.8. The molecule has 0 bridgehead atoms. The summed E-state index contributed by atoms with van der Waals surface area (Å²) >= 11 is 7.16. The fourth-order valence-electron chi connectivity index (χ4n) is 2.28. The number of anilines is 1. The third-order valence-electron chi connectivity index (χ3n) is 3.69. The van der Waals surface area contributed by atoms with Crippen molar-refractivity contribution in [3.8, 4) is 11.3 Å². The van der Waals surface area contributed by atoms with E-state index in [0.717, 1.165) is 11.1 Å². The van der Waals surface area contributed by atoms with Crippen LogP contribution in [0.25, 0.3) is 11.3 Å². The fraction of sp³-hybridized carbons (Fsp3) is 0.105. The second-order valence-corrected chi connectivity index (χ2v) is 6.84. The van der Waals surface area contributed by atoms with Gasteiger partial charge in [-0.05, 0) is 29.8 Å². The first-order chi connectivity index (χ1) is 13.0. The molecule has 0 radical (unpaired) electrons. The zero-order chi connectivity index (χ0) is 19.2. The second-order valence-electron chi connectivity index (χ2n) is 5.54. The van der Waals surface area contributed by atoms with Gasteiger partial charge in [-0.2, -0.15) is 0 Å². The predicted octanol–water partition coefficient (Wildman–Crippen LogP) is 4.57. The van der Waals surface area contributed by atoms with Gasteiger partial charge in [0.2, 0.25) is 0 Å². The number of aromatic nitrogens is 1. The highest BCUT2D eigenvalue weighted by molar-refractivity contribution is 7.14. The second kappa shape index (κ2) is 8.66. The van der Waals surface area contributed by atoms with E-state index in [1.54, 1.807) is 36.4 Å². The summed E-state index contributed by atoms with van der Waals surface area (Å²) in [5, 5.41) is 8.44. The van der Waals surface area contributed by atoms with Gasteiger partial charge < -0.3 is 10.1 Å². The smallest absolute Gasteiger partial charge is 0.337 e. The number of urea groups is 1. The summed E-state index contributed by atoms with van der Waals surface area (Å²) in [5.41, 5.74) is 2.97. The van der Waals surface area contributed by atoms with E-state index in [1.165, 1.54) is 18.4 Å². The molecule has 2 N–H and O–H groups in total. The summed E-state index contributed by atoms with van der Waals surface area (Å²) in [6.07, 6.45) is 0. The Morgan fingerprint density at radius 3 is 2.48 bits per heavy atom. The number of nitrogens with zero attached hydrogens (tertiary/aromatic N) is 1. The van der Waals surface area contributed by atoms with Crippen molar-refractivity contribution < 1.29 is 14.3 Å². The summed E-state index contributed by atoms with van der Waals surface area (Å²) in [7, 11) is 1.34. The predicted molar refractivity (Wildman–Crippen MR) is 106 cm³/mol. The standard InChI is InChI=1S/C19H16ClN3O3S/c1-26-17(24)14-6-4-13(5-7-14)16-11-27-19(22-16)23-18(25)21-10-12-2-8-15(20)9-3-12/h2-9,11H,10H2,1H3,(H2,21,22,23,25). The molecule has 1 aromatic heterocycles. The molecule has 0 aliphatic carbocycles. The number of hydrogen-bond acceptors (Lipinski definition) is 5. The molecule has 138 valence electrons. The number of thiazole rings is 1. The lowest BCUT2D eigenvalue weighted by molar-refractivity contribution is 0.0600. The molecule has 3 aromatic rings. The Hall–Kier alpha value is -2.90. The number of benzene rings is 2. The number of methoxy groups -OCH3 is 1. The molecule has 0 spiro atoms. The van der Waals surface area contributed by atoms with Crippen LogP contribution < -0.4 is 10.6 Å². The molecular formula is C19H16ClN3O3S.